The first-order valence-corrected chi connectivity index (χ1v) is 12.9. The van der Waals surface area contributed by atoms with Gasteiger partial charge in [-0.3, -0.25) is 4.79 Å². The zero-order valence-electron chi connectivity index (χ0n) is 20.6. The van der Waals surface area contributed by atoms with Crippen molar-refractivity contribution in [2.24, 2.45) is 5.92 Å². The molecule has 0 radical (unpaired) electrons. The Labute approximate surface area is 206 Å². The molecule has 2 aliphatic rings. The van der Waals surface area contributed by atoms with Crippen molar-refractivity contribution in [3.05, 3.63) is 35.2 Å². The zero-order chi connectivity index (χ0) is 24.6. The molecule has 1 aromatic carbocycles. The number of nitrogens with zero attached hydrogens (tertiary/aromatic N) is 3. The molecule has 3 N–H and O–H groups in total. The van der Waals surface area contributed by atoms with Crippen LogP contribution in [-0.4, -0.2) is 65.2 Å². The number of rotatable bonds is 11. The van der Waals surface area contributed by atoms with E-state index in [1.54, 1.807) is 12.1 Å². The Bertz CT molecular complexity index is 951. The number of hydrogen-bond acceptors (Lipinski definition) is 8. The molecule has 1 unspecified atom stereocenters. The van der Waals surface area contributed by atoms with Crippen LogP contribution in [0.15, 0.2) is 22.7 Å². The van der Waals surface area contributed by atoms with Gasteiger partial charge in [0, 0.05) is 31.1 Å². The fourth-order valence-corrected chi connectivity index (χ4v) is 5.03. The predicted molar refractivity (Wildman–Crippen MR) is 132 cm³/mol. The van der Waals surface area contributed by atoms with E-state index in [2.05, 4.69) is 20.4 Å². The van der Waals surface area contributed by atoms with Crippen molar-refractivity contribution in [1.82, 2.24) is 15.5 Å². The van der Waals surface area contributed by atoms with Gasteiger partial charge in [0.2, 0.25) is 5.89 Å². The summed E-state index contributed by atoms with van der Waals surface area (Å²) < 4.78 is 11.5. The Balaban J connectivity index is 1.14. The van der Waals surface area contributed by atoms with E-state index in [4.69, 9.17) is 14.4 Å². The normalized spacial score (nSPS) is 18.1. The smallest absolute Gasteiger partial charge is 0.266 e. The van der Waals surface area contributed by atoms with Crippen LogP contribution in [0.5, 0.6) is 5.75 Å². The molecule has 4 rings (SSSR count). The van der Waals surface area contributed by atoms with Gasteiger partial charge in [0.15, 0.2) is 0 Å². The summed E-state index contributed by atoms with van der Waals surface area (Å²) in [7, 11) is 0. The van der Waals surface area contributed by atoms with Gasteiger partial charge in [-0.1, -0.05) is 12.8 Å². The third-order valence-corrected chi connectivity index (χ3v) is 7.21. The molecule has 0 spiro atoms. The summed E-state index contributed by atoms with van der Waals surface area (Å²) in [5, 5.41) is 25.1. The molecule has 2 heterocycles. The Morgan fingerprint density at radius 1 is 1.26 bits per heavy atom. The van der Waals surface area contributed by atoms with Crippen molar-refractivity contribution in [3.8, 4) is 5.75 Å². The minimum Gasteiger partial charge on any atom is -0.494 e. The highest BCUT2D eigenvalue weighted by Crippen LogP contribution is 2.34. The van der Waals surface area contributed by atoms with Crippen LogP contribution in [0.3, 0.4) is 0 Å². The molecular formula is C26H38N4O5. The van der Waals surface area contributed by atoms with E-state index in [1.165, 1.54) is 25.7 Å². The highest BCUT2D eigenvalue weighted by molar-refractivity contribution is 5.95. The number of amides is 1. The van der Waals surface area contributed by atoms with Gasteiger partial charge in [-0.05, 0) is 80.3 Å². The number of piperidine rings is 1. The molecular weight excluding hydrogens is 448 g/mol. The summed E-state index contributed by atoms with van der Waals surface area (Å²) in [6.45, 7) is 4.07. The average Bonchev–Trinajstić information content (AvgIpc) is 3.58. The van der Waals surface area contributed by atoms with Gasteiger partial charge in [-0.2, -0.15) is 4.98 Å². The summed E-state index contributed by atoms with van der Waals surface area (Å²) in [6.07, 6.45) is 8.27. The Morgan fingerprint density at radius 3 is 2.74 bits per heavy atom. The lowest BCUT2D eigenvalue weighted by molar-refractivity contribution is 0.0801. The van der Waals surface area contributed by atoms with Gasteiger partial charge in [-0.15, -0.1) is 0 Å². The van der Waals surface area contributed by atoms with Gasteiger partial charge in [0.25, 0.3) is 11.9 Å². The van der Waals surface area contributed by atoms with Gasteiger partial charge in [0.1, 0.15) is 5.75 Å². The van der Waals surface area contributed by atoms with Crippen LogP contribution in [0.25, 0.3) is 0 Å². The molecule has 1 aliphatic heterocycles. The summed E-state index contributed by atoms with van der Waals surface area (Å²) in [5.74, 6) is 3.18. The number of ether oxygens (including phenoxy) is 1. The maximum Gasteiger partial charge on any atom is 0.266 e. The van der Waals surface area contributed by atoms with Crippen molar-refractivity contribution in [1.29, 1.82) is 0 Å². The lowest BCUT2D eigenvalue weighted by Crippen LogP contribution is -2.34. The van der Waals surface area contributed by atoms with Crippen molar-refractivity contribution < 1.29 is 24.3 Å². The highest BCUT2D eigenvalue weighted by atomic mass is 16.5. The van der Waals surface area contributed by atoms with Crippen LogP contribution < -0.4 is 15.0 Å². The molecule has 9 heteroatoms. The second-order valence-corrected chi connectivity index (χ2v) is 9.86. The Morgan fingerprint density at radius 2 is 2.03 bits per heavy atom. The molecule has 192 valence electrons. The fourth-order valence-electron chi connectivity index (χ4n) is 5.03. The second-order valence-electron chi connectivity index (χ2n) is 9.86. The molecule has 1 saturated heterocycles. The summed E-state index contributed by atoms with van der Waals surface area (Å²) in [5.41, 5.74) is 1.34. The van der Waals surface area contributed by atoms with E-state index in [0.29, 0.717) is 24.0 Å². The van der Waals surface area contributed by atoms with E-state index < -0.39 is 6.10 Å². The number of carbonyl (C=O) groups is 1. The molecule has 2 fully saturated rings. The van der Waals surface area contributed by atoms with Crippen molar-refractivity contribution in [3.63, 3.8) is 0 Å². The summed E-state index contributed by atoms with van der Waals surface area (Å²) in [4.78, 5) is 19.2. The average molecular weight is 487 g/mol. The number of aliphatic hydroxyl groups excluding tert-OH is 2. The lowest BCUT2D eigenvalue weighted by Gasteiger charge is -2.30. The standard InChI is InChI=1S/C26H38N4O5/c1-18-15-22(8-9-23(18)24(33)27-16-21(32)17-31)34-14-4-5-19-10-12-30(13-11-19)26-28-25(35-29-26)20-6-2-3-7-20/h8-9,15,19-21,31-32H,2-7,10-14,16-17H2,1H3,(H,27,33). The van der Waals surface area contributed by atoms with E-state index in [9.17, 15) is 9.90 Å². The molecule has 35 heavy (non-hydrogen) atoms. The lowest BCUT2D eigenvalue weighted by atomic mass is 9.92. The summed E-state index contributed by atoms with van der Waals surface area (Å²) in [6, 6.07) is 5.39. The molecule has 2 aromatic rings. The van der Waals surface area contributed by atoms with Crippen LogP contribution in [0, 0.1) is 12.8 Å². The van der Waals surface area contributed by atoms with Crippen molar-refractivity contribution >= 4 is 11.9 Å². The minimum absolute atomic E-state index is 0.0164. The van der Waals surface area contributed by atoms with E-state index in [0.717, 1.165) is 61.9 Å². The van der Waals surface area contributed by atoms with Gasteiger partial charge >= 0.3 is 0 Å². The number of nitrogens with one attached hydrogen (secondary N) is 1. The van der Waals surface area contributed by atoms with Gasteiger partial charge in [0.05, 0.1) is 19.3 Å². The topological polar surface area (TPSA) is 121 Å². The maximum atomic E-state index is 12.2. The Kier molecular flexibility index (Phi) is 8.98. The maximum absolute atomic E-state index is 12.2. The number of aromatic nitrogens is 2. The van der Waals surface area contributed by atoms with Crippen molar-refractivity contribution in [2.75, 3.05) is 37.7 Å². The third kappa shape index (κ3) is 6.95. The third-order valence-electron chi connectivity index (χ3n) is 7.21. The number of hydrogen-bond donors (Lipinski definition) is 3. The first-order valence-electron chi connectivity index (χ1n) is 12.9. The molecule has 1 atom stereocenters. The van der Waals surface area contributed by atoms with E-state index in [1.807, 2.05) is 13.0 Å². The second kappa shape index (κ2) is 12.4. The van der Waals surface area contributed by atoms with Gasteiger partial charge < -0.3 is 29.7 Å². The van der Waals surface area contributed by atoms with Crippen LogP contribution in [-0.2, 0) is 0 Å². The van der Waals surface area contributed by atoms with Crippen LogP contribution in [0.1, 0.15) is 79.1 Å². The fraction of sp³-hybridized carbons (Fsp3) is 0.654. The number of anilines is 1. The van der Waals surface area contributed by atoms with Crippen LogP contribution in [0.4, 0.5) is 5.95 Å². The largest absolute Gasteiger partial charge is 0.494 e. The monoisotopic (exact) mass is 486 g/mol. The highest BCUT2D eigenvalue weighted by Gasteiger charge is 2.26. The number of carbonyl (C=O) groups excluding carboxylic acids is 1. The van der Waals surface area contributed by atoms with Crippen LogP contribution >= 0.6 is 0 Å². The van der Waals surface area contributed by atoms with E-state index >= 15 is 0 Å². The SMILES string of the molecule is Cc1cc(OCCCC2CCN(c3noc(C4CCCC4)n3)CC2)ccc1C(=O)NCC(O)CO. The molecule has 9 nitrogen and oxygen atoms in total. The van der Waals surface area contributed by atoms with E-state index in [-0.39, 0.29) is 19.1 Å². The molecule has 1 amide bonds. The van der Waals surface area contributed by atoms with Crippen molar-refractivity contribution in [2.45, 2.75) is 70.3 Å². The Hall–Kier alpha value is -2.65. The molecule has 1 aliphatic carbocycles. The first kappa shape index (κ1) is 25.4. The zero-order valence-corrected chi connectivity index (χ0v) is 20.6. The first-order chi connectivity index (χ1) is 17.0. The molecule has 0 bridgehead atoms. The quantitative estimate of drug-likeness (QED) is 0.414. The molecule has 1 aromatic heterocycles. The summed E-state index contributed by atoms with van der Waals surface area (Å²) >= 11 is 0. The predicted octanol–water partition coefficient (Wildman–Crippen LogP) is 3.19. The minimum atomic E-state index is -0.956. The van der Waals surface area contributed by atoms with Gasteiger partial charge in [-0.25, -0.2) is 0 Å². The van der Waals surface area contributed by atoms with Crippen LogP contribution in [0.2, 0.25) is 0 Å². The molecule has 1 saturated carbocycles. The number of aliphatic hydroxyl groups is 2. The number of benzene rings is 1. The number of aryl methyl sites for hydroxylation is 1.